The van der Waals surface area contributed by atoms with Gasteiger partial charge in [0, 0.05) is 12.8 Å². The third-order valence-electron chi connectivity index (χ3n) is 1.84. The molecule has 6 heteroatoms. The molecule has 0 aromatic rings. The van der Waals surface area contributed by atoms with Gasteiger partial charge in [-0.2, -0.15) is 0 Å². The van der Waals surface area contributed by atoms with Crippen molar-refractivity contribution >= 4 is 9.84 Å². The van der Waals surface area contributed by atoms with Crippen LogP contribution in [0.4, 0.5) is 0 Å². The molecular formula is C5H10N2O3S. The Morgan fingerprint density at radius 2 is 2.18 bits per heavy atom. The number of nitrogens with zero attached hydrogens (tertiary/aromatic N) is 2. The fourth-order valence-electron chi connectivity index (χ4n) is 1.13. The van der Waals surface area contributed by atoms with Gasteiger partial charge < -0.3 is 0 Å². The smallest absolute Gasteiger partial charge is 0.152 e. The lowest BCUT2D eigenvalue weighted by molar-refractivity contribution is 0.355. The fourth-order valence-corrected chi connectivity index (χ4v) is 2.11. The van der Waals surface area contributed by atoms with Crippen LogP contribution in [0.3, 0.4) is 0 Å². The lowest BCUT2D eigenvalue weighted by atomic mass is 10.4. The number of rotatable bonds is 2. The average Bonchev–Trinajstić information content (AvgIpc) is 2.32. The molecule has 11 heavy (non-hydrogen) atoms. The summed E-state index contributed by atoms with van der Waals surface area (Å²) in [6.07, 6.45) is 1.70. The Kier molecular flexibility index (Phi) is 2.12. The van der Waals surface area contributed by atoms with E-state index in [2.05, 4.69) is 5.29 Å². The molecule has 0 spiro atoms. The molecule has 0 aromatic heterocycles. The molecule has 1 aliphatic rings. The van der Waals surface area contributed by atoms with Gasteiger partial charge in [-0.15, -0.1) is 4.91 Å². The Morgan fingerprint density at radius 3 is 2.45 bits per heavy atom. The maximum Gasteiger partial charge on any atom is 0.152 e. The lowest BCUT2D eigenvalue weighted by Crippen LogP contribution is -2.22. The standard InChI is InChI=1S/C5H10N2O3S/c1-11(9,10)5-2-3-7(4-5)6-8/h5H,2-4H2,1H3. The van der Waals surface area contributed by atoms with Crippen LogP contribution in [0.15, 0.2) is 5.29 Å². The Labute approximate surface area is 65.2 Å². The van der Waals surface area contributed by atoms with Crippen LogP contribution in [0.2, 0.25) is 0 Å². The molecule has 0 aliphatic carbocycles. The molecule has 1 rings (SSSR count). The highest BCUT2D eigenvalue weighted by atomic mass is 32.2. The molecule has 1 saturated heterocycles. The molecule has 1 heterocycles. The maximum absolute atomic E-state index is 10.9. The first-order chi connectivity index (χ1) is 5.04. The highest BCUT2D eigenvalue weighted by Crippen LogP contribution is 2.15. The van der Waals surface area contributed by atoms with E-state index in [0.29, 0.717) is 13.0 Å². The summed E-state index contributed by atoms with van der Waals surface area (Å²) >= 11 is 0. The van der Waals surface area contributed by atoms with Gasteiger partial charge >= 0.3 is 0 Å². The largest absolute Gasteiger partial charge is 0.260 e. The van der Waals surface area contributed by atoms with Crippen molar-refractivity contribution in [3.63, 3.8) is 0 Å². The molecule has 1 unspecified atom stereocenters. The minimum absolute atomic E-state index is 0.252. The Balaban J connectivity index is 2.62. The molecule has 1 atom stereocenters. The van der Waals surface area contributed by atoms with E-state index in [9.17, 15) is 13.3 Å². The number of sulfone groups is 1. The summed E-state index contributed by atoms with van der Waals surface area (Å²) < 4.78 is 21.8. The average molecular weight is 178 g/mol. The summed E-state index contributed by atoms with van der Waals surface area (Å²) in [5.41, 5.74) is 0. The van der Waals surface area contributed by atoms with E-state index < -0.39 is 15.1 Å². The molecule has 0 aromatic carbocycles. The van der Waals surface area contributed by atoms with Gasteiger partial charge in [0.15, 0.2) is 9.84 Å². The minimum Gasteiger partial charge on any atom is -0.260 e. The molecule has 0 radical (unpaired) electrons. The number of hydrogen-bond acceptors (Lipinski definition) is 4. The summed E-state index contributed by atoms with van der Waals surface area (Å²) in [5.74, 6) is 0. The monoisotopic (exact) mass is 178 g/mol. The van der Waals surface area contributed by atoms with Crippen molar-refractivity contribution in [1.82, 2.24) is 5.01 Å². The van der Waals surface area contributed by atoms with Crippen molar-refractivity contribution in [1.29, 1.82) is 0 Å². The second kappa shape index (κ2) is 2.77. The predicted octanol–water partition coefficient (Wildman–Crippen LogP) is -0.213. The zero-order chi connectivity index (χ0) is 8.48. The molecule has 64 valence electrons. The molecule has 1 fully saturated rings. The fraction of sp³-hybridized carbons (Fsp3) is 1.00. The molecule has 1 aliphatic heterocycles. The van der Waals surface area contributed by atoms with Gasteiger partial charge in [0.1, 0.15) is 0 Å². The van der Waals surface area contributed by atoms with Crippen molar-refractivity contribution in [3.8, 4) is 0 Å². The van der Waals surface area contributed by atoms with Crippen LogP contribution in [-0.2, 0) is 9.84 Å². The first kappa shape index (κ1) is 8.45. The van der Waals surface area contributed by atoms with Crippen LogP contribution in [-0.4, -0.2) is 38.0 Å². The van der Waals surface area contributed by atoms with Crippen LogP contribution in [0, 0.1) is 4.91 Å². The van der Waals surface area contributed by atoms with E-state index >= 15 is 0 Å². The summed E-state index contributed by atoms with van der Waals surface area (Å²) in [7, 11) is -2.99. The van der Waals surface area contributed by atoms with Crippen molar-refractivity contribution < 1.29 is 8.42 Å². The van der Waals surface area contributed by atoms with Gasteiger partial charge in [-0.1, -0.05) is 0 Å². The van der Waals surface area contributed by atoms with Crippen molar-refractivity contribution in [2.45, 2.75) is 11.7 Å². The zero-order valence-corrected chi connectivity index (χ0v) is 7.04. The maximum atomic E-state index is 10.9. The quantitative estimate of drug-likeness (QED) is 0.548. The minimum atomic E-state index is -2.99. The van der Waals surface area contributed by atoms with Gasteiger partial charge in [-0.05, 0) is 6.42 Å². The molecule has 0 amide bonds. The topological polar surface area (TPSA) is 66.8 Å². The molecule has 0 saturated carbocycles. The van der Waals surface area contributed by atoms with E-state index in [1.54, 1.807) is 0 Å². The van der Waals surface area contributed by atoms with E-state index in [1.807, 2.05) is 0 Å². The van der Waals surface area contributed by atoms with E-state index in [1.165, 1.54) is 11.3 Å². The SMILES string of the molecule is CS(=O)(=O)C1CCN(N=O)C1. The Morgan fingerprint density at radius 1 is 1.55 bits per heavy atom. The van der Waals surface area contributed by atoms with Gasteiger partial charge in [-0.25, -0.2) is 8.42 Å². The van der Waals surface area contributed by atoms with Crippen molar-refractivity contribution in [2.75, 3.05) is 19.3 Å². The highest BCUT2D eigenvalue weighted by Gasteiger charge is 2.29. The lowest BCUT2D eigenvalue weighted by Gasteiger charge is -2.05. The van der Waals surface area contributed by atoms with Crippen LogP contribution >= 0.6 is 0 Å². The Bertz CT molecular complexity index is 248. The van der Waals surface area contributed by atoms with Crippen LogP contribution < -0.4 is 0 Å². The molecular weight excluding hydrogens is 168 g/mol. The molecule has 0 bridgehead atoms. The van der Waals surface area contributed by atoms with Crippen molar-refractivity contribution in [3.05, 3.63) is 4.91 Å². The third kappa shape index (κ3) is 1.89. The van der Waals surface area contributed by atoms with Crippen LogP contribution in [0.1, 0.15) is 6.42 Å². The summed E-state index contributed by atoms with van der Waals surface area (Å²) in [5, 5.41) is 3.51. The van der Waals surface area contributed by atoms with E-state index in [4.69, 9.17) is 0 Å². The van der Waals surface area contributed by atoms with Gasteiger partial charge in [0.25, 0.3) is 0 Å². The first-order valence-corrected chi connectivity index (χ1v) is 5.26. The van der Waals surface area contributed by atoms with Gasteiger partial charge in [-0.3, -0.25) is 5.01 Å². The van der Waals surface area contributed by atoms with Gasteiger partial charge in [0.2, 0.25) is 0 Å². The number of nitroso groups, excluding NO2 is 1. The van der Waals surface area contributed by atoms with Crippen molar-refractivity contribution in [2.24, 2.45) is 5.29 Å². The predicted molar refractivity (Wildman–Crippen MR) is 40.6 cm³/mol. The molecule has 5 nitrogen and oxygen atoms in total. The number of hydrogen-bond donors (Lipinski definition) is 0. The molecule has 0 N–H and O–H groups in total. The van der Waals surface area contributed by atoms with Gasteiger partial charge in [0.05, 0.1) is 17.1 Å². The summed E-state index contributed by atoms with van der Waals surface area (Å²) in [4.78, 5) is 9.96. The van der Waals surface area contributed by atoms with E-state index in [0.717, 1.165) is 0 Å². The second-order valence-corrected chi connectivity index (χ2v) is 5.06. The Hall–Kier alpha value is -0.650. The highest BCUT2D eigenvalue weighted by molar-refractivity contribution is 7.91. The third-order valence-corrected chi connectivity index (χ3v) is 3.44. The van der Waals surface area contributed by atoms with Crippen LogP contribution in [0.25, 0.3) is 0 Å². The normalized spacial score (nSPS) is 25.5. The first-order valence-electron chi connectivity index (χ1n) is 3.31. The van der Waals surface area contributed by atoms with E-state index in [-0.39, 0.29) is 6.54 Å². The zero-order valence-electron chi connectivity index (χ0n) is 6.23. The second-order valence-electron chi connectivity index (χ2n) is 2.73. The van der Waals surface area contributed by atoms with Crippen LogP contribution in [0.5, 0.6) is 0 Å². The summed E-state index contributed by atoms with van der Waals surface area (Å²) in [6, 6.07) is 0. The summed E-state index contributed by atoms with van der Waals surface area (Å²) in [6.45, 7) is 0.712.